The topological polar surface area (TPSA) is 44.5 Å². The van der Waals surface area contributed by atoms with Gasteiger partial charge < -0.3 is 15.2 Å². The van der Waals surface area contributed by atoms with Crippen molar-refractivity contribution in [1.29, 1.82) is 0 Å². The molecule has 0 heterocycles. The third-order valence-electron chi connectivity index (χ3n) is 2.21. The predicted octanol–water partition coefficient (Wildman–Crippen LogP) is 2.84. The highest BCUT2D eigenvalue weighted by molar-refractivity contribution is 5.51. The van der Waals surface area contributed by atoms with Gasteiger partial charge in [0.25, 0.3) is 0 Å². The zero-order valence-electron chi connectivity index (χ0n) is 9.62. The molecule has 0 spiro atoms. The van der Waals surface area contributed by atoms with Gasteiger partial charge in [0.1, 0.15) is 0 Å². The Morgan fingerprint density at radius 2 is 2.07 bits per heavy atom. The van der Waals surface area contributed by atoms with Crippen LogP contribution in [-0.4, -0.2) is 13.2 Å². The quantitative estimate of drug-likeness (QED) is 0.758. The Labute approximate surface area is 91.2 Å². The molecule has 3 nitrogen and oxygen atoms in total. The summed E-state index contributed by atoms with van der Waals surface area (Å²) >= 11 is 0. The Morgan fingerprint density at radius 1 is 1.33 bits per heavy atom. The highest BCUT2D eigenvalue weighted by Crippen LogP contribution is 2.30. The van der Waals surface area contributed by atoms with Gasteiger partial charge in [-0.1, -0.05) is 13.3 Å². The van der Waals surface area contributed by atoms with Gasteiger partial charge in [-0.3, -0.25) is 0 Å². The van der Waals surface area contributed by atoms with Gasteiger partial charge in [0.15, 0.2) is 11.5 Å². The minimum atomic E-state index is 0.201. The van der Waals surface area contributed by atoms with Crippen molar-refractivity contribution in [3.63, 3.8) is 0 Å². The molecule has 15 heavy (non-hydrogen) atoms. The highest BCUT2D eigenvalue weighted by Gasteiger charge is 2.08. The first-order valence-corrected chi connectivity index (χ1v) is 5.27. The maximum Gasteiger partial charge on any atom is 0.162 e. The van der Waals surface area contributed by atoms with Crippen LogP contribution in [-0.2, 0) is 0 Å². The molecule has 0 aliphatic heterocycles. The van der Waals surface area contributed by atoms with Gasteiger partial charge >= 0.3 is 0 Å². The average Bonchev–Trinajstić information content (AvgIpc) is 2.21. The zero-order valence-corrected chi connectivity index (χ0v) is 9.62. The van der Waals surface area contributed by atoms with Crippen LogP contribution in [0.25, 0.3) is 0 Å². The van der Waals surface area contributed by atoms with Gasteiger partial charge in [-0.25, -0.2) is 0 Å². The van der Waals surface area contributed by atoms with E-state index < -0.39 is 0 Å². The molecule has 1 aromatic carbocycles. The molecule has 0 saturated heterocycles. The molecule has 1 atom stereocenters. The van der Waals surface area contributed by atoms with E-state index in [1.807, 2.05) is 12.1 Å². The molecule has 0 amide bonds. The SMILES string of the molecule is CCCC(C)Oc1ccc(N)cc1OC. The lowest BCUT2D eigenvalue weighted by molar-refractivity contribution is 0.201. The summed E-state index contributed by atoms with van der Waals surface area (Å²) < 4.78 is 11.0. The fourth-order valence-corrected chi connectivity index (χ4v) is 1.46. The van der Waals surface area contributed by atoms with Crippen molar-refractivity contribution in [2.75, 3.05) is 12.8 Å². The number of methoxy groups -OCH3 is 1. The molecule has 1 unspecified atom stereocenters. The van der Waals surface area contributed by atoms with E-state index in [9.17, 15) is 0 Å². The van der Waals surface area contributed by atoms with E-state index in [-0.39, 0.29) is 6.10 Å². The van der Waals surface area contributed by atoms with Crippen LogP contribution in [0.5, 0.6) is 11.5 Å². The highest BCUT2D eigenvalue weighted by atomic mass is 16.5. The van der Waals surface area contributed by atoms with Crippen molar-refractivity contribution in [3.05, 3.63) is 18.2 Å². The molecule has 0 fully saturated rings. The zero-order chi connectivity index (χ0) is 11.3. The summed E-state index contributed by atoms with van der Waals surface area (Å²) in [5, 5.41) is 0. The van der Waals surface area contributed by atoms with Crippen LogP contribution in [0.4, 0.5) is 5.69 Å². The minimum absolute atomic E-state index is 0.201. The lowest BCUT2D eigenvalue weighted by Gasteiger charge is -2.16. The van der Waals surface area contributed by atoms with Gasteiger partial charge in [0, 0.05) is 11.8 Å². The van der Waals surface area contributed by atoms with E-state index in [1.165, 1.54) is 0 Å². The largest absolute Gasteiger partial charge is 0.493 e. The summed E-state index contributed by atoms with van der Waals surface area (Å²) in [4.78, 5) is 0. The number of nitrogen functional groups attached to an aromatic ring is 1. The molecule has 3 heteroatoms. The van der Waals surface area contributed by atoms with Gasteiger partial charge in [0.2, 0.25) is 0 Å². The second-order valence-corrected chi connectivity index (χ2v) is 3.63. The Kier molecular flexibility index (Phi) is 4.28. The molecule has 0 radical (unpaired) electrons. The van der Waals surface area contributed by atoms with Crippen molar-refractivity contribution in [1.82, 2.24) is 0 Å². The average molecular weight is 209 g/mol. The van der Waals surface area contributed by atoms with Gasteiger partial charge in [0.05, 0.1) is 13.2 Å². The molecule has 2 N–H and O–H groups in total. The molecule has 0 aliphatic carbocycles. The van der Waals surface area contributed by atoms with Gasteiger partial charge in [-0.15, -0.1) is 0 Å². The number of hydrogen-bond acceptors (Lipinski definition) is 3. The second kappa shape index (κ2) is 5.49. The molecule has 0 aromatic heterocycles. The monoisotopic (exact) mass is 209 g/mol. The number of ether oxygens (including phenoxy) is 2. The fraction of sp³-hybridized carbons (Fsp3) is 0.500. The van der Waals surface area contributed by atoms with Crippen molar-refractivity contribution >= 4 is 5.69 Å². The van der Waals surface area contributed by atoms with E-state index in [0.29, 0.717) is 11.4 Å². The summed E-state index contributed by atoms with van der Waals surface area (Å²) in [7, 11) is 1.62. The third-order valence-corrected chi connectivity index (χ3v) is 2.21. The number of benzene rings is 1. The molecule has 0 saturated carbocycles. The first kappa shape index (κ1) is 11.7. The van der Waals surface area contributed by atoms with Crippen LogP contribution in [0.15, 0.2) is 18.2 Å². The summed E-state index contributed by atoms with van der Waals surface area (Å²) in [6, 6.07) is 5.44. The molecule has 1 rings (SSSR count). The Bertz CT molecular complexity index is 312. The lowest BCUT2D eigenvalue weighted by Crippen LogP contribution is -2.11. The number of rotatable bonds is 5. The Balaban J connectivity index is 2.75. The Morgan fingerprint density at radius 3 is 2.67 bits per heavy atom. The summed E-state index contributed by atoms with van der Waals surface area (Å²) in [5.41, 5.74) is 6.34. The molecular weight excluding hydrogens is 190 g/mol. The van der Waals surface area contributed by atoms with Crippen molar-refractivity contribution < 1.29 is 9.47 Å². The first-order chi connectivity index (χ1) is 7.17. The number of hydrogen-bond donors (Lipinski definition) is 1. The standard InChI is InChI=1S/C12H19NO2/c1-4-5-9(2)15-11-7-6-10(13)8-12(11)14-3/h6-9H,4-5,13H2,1-3H3. The van der Waals surface area contributed by atoms with Gasteiger partial charge in [-0.2, -0.15) is 0 Å². The molecule has 84 valence electrons. The third kappa shape index (κ3) is 3.35. The van der Waals surface area contributed by atoms with Crippen molar-refractivity contribution in [2.45, 2.75) is 32.8 Å². The van der Waals surface area contributed by atoms with Crippen LogP contribution >= 0.6 is 0 Å². The van der Waals surface area contributed by atoms with E-state index >= 15 is 0 Å². The molecule has 0 bridgehead atoms. The van der Waals surface area contributed by atoms with E-state index in [0.717, 1.165) is 18.6 Å². The first-order valence-electron chi connectivity index (χ1n) is 5.27. The second-order valence-electron chi connectivity index (χ2n) is 3.63. The maximum atomic E-state index is 5.75. The van der Waals surface area contributed by atoms with Crippen LogP contribution in [0.3, 0.4) is 0 Å². The van der Waals surface area contributed by atoms with Crippen LogP contribution in [0, 0.1) is 0 Å². The fourth-order valence-electron chi connectivity index (χ4n) is 1.46. The normalized spacial score (nSPS) is 12.2. The minimum Gasteiger partial charge on any atom is -0.493 e. The number of nitrogens with two attached hydrogens (primary N) is 1. The summed E-state index contributed by atoms with van der Waals surface area (Å²) in [6.45, 7) is 4.19. The predicted molar refractivity (Wildman–Crippen MR) is 62.4 cm³/mol. The Hall–Kier alpha value is -1.38. The lowest BCUT2D eigenvalue weighted by atomic mass is 10.2. The van der Waals surface area contributed by atoms with Gasteiger partial charge in [-0.05, 0) is 25.5 Å². The molecule has 1 aromatic rings. The van der Waals surface area contributed by atoms with E-state index in [2.05, 4.69) is 13.8 Å². The van der Waals surface area contributed by atoms with E-state index in [1.54, 1.807) is 13.2 Å². The summed E-state index contributed by atoms with van der Waals surface area (Å²) in [6.07, 6.45) is 2.35. The number of anilines is 1. The molecular formula is C12H19NO2. The van der Waals surface area contributed by atoms with E-state index in [4.69, 9.17) is 15.2 Å². The molecule has 0 aliphatic rings. The van der Waals surface area contributed by atoms with Crippen LogP contribution in [0.1, 0.15) is 26.7 Å². The smallest absolute Gasteiger partial charge is 0.162 e. The van der Waals surface area contributed by atoms with Crippen molar-refractivity contribution in [2.24, 2.45) is 0 Å². The summed E-state index contributed by atoms with van der Waals surface area (Å²) in [5.74, 6) is 1.45. The van der Waals surface area contributed by atoms with Crippen LogP contribution in [0.2, 0.25) is 0 Å². The van der Waals surface area contributed by atoms with Crippen LogP contribution < -0.4 is 15.2 Å². The maximum absolute atomic E-state index is 5.75. The van der Waals surface area contributed by atoms with Crippen molar-refractivity contribution in [3.8, 4) is 11.5 Å².